The zero-order valence-electron chi connectivity index (χ0n) is 15.4. The van der Waals surface area contributed by atoms with Crippen LogP contribution in [0.5, 0.6) is 0 Å². The Kier molecular flexibility index (Phi) is 5.33. The van der Waals surface area contributed by atoms with E-state index in [1.54, 1.807) is 24.3 Å². The number of hydroxylamine groups is 2. The Morgan fingerprint density at radius 2 is 1.17 bits per heavy atom. The van der Waals surface area contributed by atoms with Gasteiger partial charge in [-0.15, -0.1) is 0 Å². The molecule has 0 radical (unpaired) electrons. The highest BCUT2D eigenvalue weighted by Gasteiger charge is 2.50. The lowest BCUT2D eigenvalue weighted by Gasteiger charge is -2.25. The first-order valence-corrected chi connectivity index (χ1v) is 9.75. The van der Waals surface area contributed by atoms with Gasteiger partial charge in [0.05, 0.1) is 24.2 Å². The topological polar surface area (TPSA) is 98.2 Å². The summed E-state index contributed by atoms with van der Waals surface area (Å²) in [4.78, 5) is 52.4. The van der Waals surface area contributed by atoms with Crippen molar-refractivity contribution in [3.8, 4) is 0 Å². The number of hydrogen-bond acceptors (Lipinski definition) is 6. The summed E-state index contributed by atoms with van der Waals surface area (Å²) in [5.74, 6) is -2.50. The van der Waals surface area contributed by atoms with Gasteiger partial charge in [-0.25, -0.2) is 9.80 Å². The van der Waals surface area contributed by atoms with Gasteiger partial charge in [0.1, 0.15) is 12.1 Å². The Morgan fingerprint density at radius 3 is 1.53 bits per heavy atom. The molecule has 0 aromatic heterocycles. The van der Waals surface area contributed by atoms with E-state index in [2.05, 4.69) is 0 Å². The molecular weight excluding hydrogens is 433 g/mol. The predicted octanol–water partition coefficient (Wildman–Crippen LogP) is 2.65. The Balaban J connectivity index is 1.57. The summed E-state index contributed by atoms with van der Waals surface area (Å²) in [7, 11) is 0. The van der Waals surface area contributed by atoms with Gasteiger partial charge in [-0.3, -0.25) is 19.2 Å². The summed E-state index contributed by atoms with van der Waals surface area (Å²) < 4.78 is 0. The largest absolute Gasteiger partial charge is 0.312 e. The molecule has 0 unspecified atom stereocenters. The fourth-order valence-corrected chi connectivity index (χ4v) is 4.00. The van der Waals surface area contributed by atoms with Crippen molar-refractivity contribution in [3.05, 3.63) is 58.6 Å². The van der Waals surface area contributed by atoms with Crippen LogP contribution in [0.4, 0.5) is 11.4 Å². The van der Waals surface area contributed by atoms with E-state index < -0.39 is 35.7 Å². The summed E-state index contributed by atoms with van der Waals surface area (Å²) in [6.07, 6.45) is -0.673. The molecule has 10 heteroatoms. The molecule has 0 saturated carbocycles. The molecule has 1 N–H and O–H groups in total. The Labute approximate surface area is 181 Å². The van der Waals surface area contributed by atoms with Crippen LogP contribution in [0.1, 0.15) is 12.8 Å². The summed E-state index contributed by atoms with van der Waals surface area (Å²) in [5, 5.41) is 11.8. The Morgan fingerprint density at radius 1 is 0.767 bits per heavy atom. The highest BCUT2D eigenvalue weighted by Crippen LogP contribution is 2.32. The zero-order valence-corrected chi connectivity index (χ0v) is 16.9. The van der Waals surface area contributed by atoms with Crippen LogP contribution in [0.3, 0.4) is 0 Å². The quantitative estimate of drug-likeness (QED) is 0.571. The SMILES string of the molecule is O=C1C[C@H](N(O)[C@H]2CC(=O)N(c3cccc(Cl)c3)C2=O)C(=O)N1c1cccc(Cl)c1. The van der Waals surface area contributed by atoms with Gasteiger partial charge < -0.3 is 5.21 Å². The highest BCUT2D eigenvalue weighted by atomic mass is 35.5. The average molecular weight is 448 g/mol. The second kappa shape index (κ2) is 7.81. The fraction of sp³-hybridized carbons (Fsp3) is 0.200. The van der Waals surface area contributed by atoms with Gasteiger partial charge in [0.25, 0.3) is 11.8 Å². The van der Waals surface area contributed by atoms with E-state index in [0.717, 1.165) is 9.80 Å². The third kappa shape index (κ3) is 3.48. The van der Waals surface area contributed by atoms with Gasteiger partial charge in [-0.1, -0.05) is 35.3 Å². The van der Waals surface area contributed by atoms with E-state index in [1.807, 2.05) is 0 Å². The summed E-state index contributed by atoms with van der Waals surface area (Å²) >= 11 is 11.9. The molecule has 2 fully saturated rings. The minimum atomic E-state index is -1.29. The van der Waals surface area contributed by atoms with Crippen molar-refractivity contribution in [1.29, 1.82) is 0 Å². The van der Waals surface area contributed by atoms with E-state index >= 15 is 0 Å². The van der Waals surface area contributed by atoms with E-state index in [0.29, 0.717) is 15.1 Å². The average Bonchev–Trinajstić information content (AvgIpc) is 3.16. The minimum absolute atomic E-state index is 0.266. The Hall–Kier alpha value is -2.78. The monoisotopic (exact) mass is 447 g/mol. The van der Waals surface area contributed by atoms with Crippen molar-refractivity contribution in [2.45, 2.75) is 24.9 Å². The smallest absolute Gasteiger partial charge is 0.254 e. The van der Waals surface area contributed by atoms with Crippen molar-refractivity contribution >= 4 is 58.2 Å². The maximum Gasteiger partial charge on any atom is 0.254 e. The lowest BCUT2D eigenvalue weighted by molar-refractivity contribution is -0.172. The molecule has 2 aliphatic rings. The number of carbonyl (C=O) groups excluding carboxylic acids is 4. The molecule has 2 aliphatic heterocycles. The van der Waals surface area contributed by atoms with Crippen LogP contribution in [0.15, 0.2) is 48.5 Å². The first-order chi connectivity index (χ1) is 14.3. The molecule has 2 heterocycles. The molecule has 2 atom stereocenters. The fourth-order valence-electron chi connectivity index (χ4n) is 3.64. The first kappa shape index (κ1) is 20.5. The molecule has 4 amide bonds. The molecular formula is C20H15Cl2N3O5. The summed E-state index contributed by atoms with van der Waals surface area (Å²) in [6.45, 7) is 0. The number of hydrogen-bond donors (Lipinski definition) is 1. The molecule has 0 bridgehead atoms. The maximum atomic E-state index is 12.8. The van der Waals surface area contributed by atoms with Crippen molar-refractivity contribution in [1.82, 2.24) is 5.06 Å². The second-order valence-electron chi connectivity index (χ2n) is 6.91. The van der Waals surface area contributed by atoms with Gasteiger partial charge in [-0.05, 0) is 36.4 Å². The molecule has 0 aliphatic carbocycles. The van der Waals surface area contributed by atoms with Crippen LogP contribution >= 0.6 is 23.2 Å². The third-order valence-electron chi connectivity index (χ3n) is 5.02. The summed E-state index contributed by atoms with van der Waals surface area (Å²) in [5.41, 5.74) is 0.533. The lowest BCUT2D eigenvalue weighted by Crippen LogP contribution is -2.49. The van der Waals surface area contributed by atoms with Crippen LogP contribution in [0.25, 0.3) is 0 Å². The second-order valence-corrected chi connectivity index (χ2v) is 7.79. The number of benzene rings is 2. The number of halogens is 2. The van der Waals surface area contributed by atoms with Crippen LogP contribution in [-0.4, -0.2) is 46.0 Å². The third-order valence-corrected chi connectivity index (χ3v) is 5.49. The molecule has 154 valence electrons. The van der Waals surface area contributed by atoms with Gasteiger partial charge in [0, 0.05) is 10.0 Å². The number of rotatable bonds is 4. The van der Waals surface area contributed by atoms with Crippen molar-refractivity contribution in [2.75, 3.05) is 9.80 Å². The number of anilines is 2. The number of imide groups is 2. The van der Waals surface area contributed by atoms with Crippen molar-refractivity contribution in [2.24, 2.45) is 0 Å². The van der Waals surface area contributed by atoms with E-state index in [4.69, 9.17) is 23.2 Å². The minimum Gasteiger partial charge on any atom is -0.312 e. The van der Waals surface area contributed by atoms with E-state index in [1.165, 1.54) is 24.3 Å². The molecule has 2 aromatic rings. The van der Waals surface area contributed by atoms with Gasteiger partial charge in [-0.2, -0.15) is 5.06 Å². The summed E-state index contributed by atoms with van der Waals surface area (Å²) in [6, 6.07) is 9.76. The number of carbonyl (C=O) groups is 4. The molecule has 4 rings (SSSR count). The molecule has 30 heavy (non-hydrogen) atoms. The van der Waals surface area contributed by atoms with E-state index in [9.17, 15) is 24.4 Å². The van der Waals surface area contributed by atoms with Crippen LogP contribution in [0, 0.1) is 0 Å². The molecule has 0 spiro atoms. The van der Waals surface area contributed by atoms with Crippen molar-refractivity contribution < 1.29 is 24.4 Å². The standard InChI is InChI=1S/C20H15Cl2N3O5/c21-11-3-1-5-13(7-11)23-17(26)9-15(19(23)28)25(30)16-10-18(27)24(20(16)29)14-6-2-4-12(22)8-14/h1-8,15-16,30H,9-10H2/t15-,16-/m0/s1. The van der Waals surface area contributed by atoms with Crippen LogP contribution in [0.2, 0.25) is 10.0 Å². The predicted molar refractivity (Wildman–Crippen MR) is 108 cm³/mol. The normalized spacial score (nSPS) is 22.0. The van der Waals surface area contributed by atoms with Crippen LogP contribution in [-0.2, 0) is 19.2 Å². The molecule has 8 nitrogen and oxygen atoms in total. The highest BCUT2D eigenvalue weighted by molar-refractivity contribution is 6.32. The molecule has 2 aromatic carbocycles. The number of nitrogens with zero attached hydrogens (tertiary/aromatic N) is 3. The van der Waals surface area contributed by atoms with Gasteiger partial charge >= 0.3 is 0 Å². The van der Waals surface area contributed by atoms with Crippen LogP contribution < -0.4 is 9.80 Å². The van der Waals surface area contributed by atoms with E-state index in [-0.39, 0.29) is 24.2 Å². The lowest BCUT2D eigenvalue weighted by atomic mass is 10.1. The maximum absolute atomic E-state index is 12.8. The zero-order chi connectivity index (χ0) is 21.6. The Bertz CT molecular complexity index is 992. The van der Waals surface area contributed by atoms with Gasteiger partial charge in [0.2, 0.25) is 11.8 Å². The van der Waals surface area contributed by atoms with Crippen molar-refractivity contribution in [3.63, 3.8) is 0 Å². The number of amides is 4. The first-order valence-electron chi connectivity index (χ1n) is 9.00. The van der Waals surface area contributed by atoms with Gasteiger partial charge in [0.15, 0.2) is 0 Å². The molecule has 2 saturated heterocycles.